The van der Waals surface area contributed by atoms with Crippen molar-refractivity contribution in [2.45, 2.75) is 136 Å². The lowest BCUT2D eigenvalue weighted by atomic mass is 10.1. The van der Waals surface area contributed by atoms with Crippen LogP contribution in [0, 0.1) is 0 Å². The van der Waals surface area contributed by atoms with Gasteiger partial charge >= 0.3 is 0 Å². The third kappa shape index (κ3) is 37.2. The number of ether oxygens (including phenoxy) is 1. The predicted molar refractivity (Wildman–Crippen MR) is 169 cm³/mol. The fraction of sp³-hybridized carbons (Fsp3) is 0.964. The molecule has 0 aliphatic heterocycles. The molecule has 0 bridgehead atoms. The molecule has 0 heterocycles. The summed E-state index contributed by atoms with van der Waals surface area (Å²) in [6, 6.07) is 0. The van der Waals surface area contributed by atoms with Gasteiger partial charge in [0.25, 0.3) is 0 Å². The van der Waals surface area contributed by atoms with E-state index in [1.807, 2.05) is 7.11 Å². The highest BCUT2D eigenvalue weighted by Crippen LogP contribution is 2.15. The number of carbonyl (C=O) groups is 1. The zero-order valence-corrected chi connectivity index (χ0v) is 27.1. The lowest BCUT2D eigenvalue weighted by Crippen LogP contribution is -2.16. The van der Waals surface area contributed by atoms with E-state index in [1.165, 1.54) is 137 Å². The van der Waals surface area contributed by atoms with E-state index < -0.39 is 0 Å². The van der Waals surface area contributed by atoms with Crippen molar-refractivity contribution in [1.82, 2.24) is 5.32 Å². The van der Waals surface area contributed by atoms with Gasteiger partial charge in [0.1, 0.15) is 6.29 Å². The van der Waals surface area contributed by atoms with Gasteiger partial charge in [-0.2, -0.15) is 11.8 Å². The molecule has 0 aromatic carbocycles. The molecule has 4 nitrogen and oxygen atoms in total. The highest BCUT2D eigenvalue weighted by atomic mass is 127. The maximum atomic E-state index is 9.68. The van der Waals surface area contributed by atoms with Crippen molar-refractivity contribution < 1.29 is 13.7 Å². The Kier molecular flexibility index (Phi) is 40.5. The van der Waals surface area contributed by atoms with E-state index in [-0.39, 0.29) is 0 Å². The molecular weight excluding hydrogens is 589 g/mol. The molecule has 1 N–H and O–H groups in total. The first-order valence-electron chi connectivity index (χ1n) is 14.4. The number of nitrogens with one attached hydrogen (secondary N) is 1. The minimum Gasteiger partial charge on any atom is -0.381 e. The number of thioether (sulfide) groups is 1. The van der Waals surface area contributed by atoms with E-state index in [4.69, 9.17) is 8.92 Å². The van der Waals surface area contributed by atoms with Gasteiger partial charge in [-0.05, 0) is 57.4 Å². The number of hydrogen-bond acceptors (Lipinski definition) is 6. The van der Waals surface area contributed by atoms with Crippen molar-refractivity contribution in [2.24, 2.45) is 0 Å². The van der Waals surface area contributed by atoms with Crippen LogP contribution < -0.4 is 5.32 Å². The number of halogens is 1. The zero-order chi connectivity index (χ0) is 26.1. The van der Waals surface area contributed by atoms with E-state index in [0.717, 1.165) is 25.7 Å². The Balaban J connectivity index is 0. The third-order valence-electron chi connectivity index (χ3n) is 5.96. The van der Waals surface area contributed by atoms with Gasteiger partial charge in [0.05, 0.1) is 21.9 Å². The summed E-state index contributed by atoms with van der Waals surface area (Å²) in [7, 11) is 3.32. The quantitative estimate of drug-likeness (QED) is 0.0395. The summed E-state index contributed by atoms with van der Waals surface area (Å²) in [6.45, 7) is 7.68. The fourth-order valence-electron chi connectivity index (χ4n) is 3.67. The summed E-state index contributed by atoms with van der Waals surface area (Å²) in [5, 5.41) is 3.60. The highest BCUT2D eigenvalue weighted by molar-refractivity contribution is 14.2. The fourth-order valence-corrected chi connectivity index (χ4v) is 5.53. The Labute approximate surface area is 240 Å². The minimum atomic E-state index is 0.467. The van der Waals surface area contributed by atoms with Crippen LogP contribution in [0.4, 0.5) is 0 Å². The van der Waals surface area contributed by atoms with Gasteiger partial charge < -0.3 is 19.0 Å². The molecule has 0 aliphatic rings. The summed E-state index contributed by atoms with van der Waals surface area (Å²) in [5.41, 5.74) is 0. The van der Waals surface area contributed by atoms with Gasteiger partial charge in [-0.25, -0.2) is 0 Å². The Morgan fingerprint density at radius 3 is 2.03 bits per heavy atom. The van der Waals surface area contributed by atoms with Gasteiger partial charge in [-0.3, -0.25) is 0 Å². The van der Waals surface area contributed by atoms with E-state index >= 15 is 0 Å². The van der Waals surface area contributed by atoms with Crippen molar-refractivity contribution in [1.29, 1.82) is 0 Å². The maximum Gasteiger partial charge on any atom is 0.119 e. The average molecular weight is 648 g/mol. The van der Waals surface area contributed by atoms with Crippen LogP contribution in [0.2, 0.25) is 0 Å². The number of methoxy groups -OCH3 is 1. The minimum absolute atomic E-state index is 0.467. The normalized spacial score (nSPS) is 11.8. The average Bonchev–Trinajstić information content (AvgIpc) is 2.88. The largest absolute Gasteiger partial charge is 0.381 e. The first-order valence-corrected chi connectivity index (χ1v) is 18.9. The third-order valence-corrected chi connectivity index (χ3v) is 8.16. The first-order chi connectivity index (χ1) is 17.3. The smallest absolute Gasteiger partial charge is 0.119 e. The Bertz CT molecular complexity index is 382. The molecule has 212 valence electrons. The van der Waals surface area contributed by atoms with E-state index in [2.05, 4.69) is 52.1 Å². The molecule has 0 amide bonds. The molecule has 35 heavy (non-hydrogen) atoms. The van der Waals surface area contributed by atoms with Crippen LogP contribution in [0.1, 0.15) is 129 Å². The monoisotopic (exact) mass is 647 g/mol. The number of carbonyl (C=O) groups excluding carboxylic acids is 1. The van der Waals surface area contributed by atoms with Crippen molar-refractivity contribution in [3.63, 3.8) is 0 Å². The van der Waals surface area contributed by atoms with Crippen LogP contribution in [-0.4, -0.2) is 50.7 Å². The SMILES string of the molecule is CCCCCC=O.CCCCCCC(CSCCCCCCNCCCCCCCOSI)OC. The molecule has 0 aliphatic carbocycles. The standard InChI is InChI=1S/C22H46INO2S2.C6H12O/c1-3-4-5-11-16-22(25-2)21-27-20-15-10-8-13-18-24-17-12-7-6-9-14-19-26-28-23;1-2-3-4-5-6-7/h22,24H,3-21H2,1-2H3;6H,2-5H2,1H3. The summed E-state index contributed by atoms with van der Waals surface area (Å²) in [4.78, 5) is 9.68. The van der Waals surface area contributed by atoms with Gasteiger partial charge in [0.2, 0.25) is 0 Å². The molecular formula is C28H58INO3S2. The first kappa shape index (κ1) is 38.1. The molecule has 0 saturated carbocycles. The zero-order valence-electron chi connectivity index (χ0n) is 23.3. The maximum absolute atomic E-state index is 9.68. The van der Waals surface area contributed by atoms with Gasteiger partial charge in [-0.1, -0.05) is 84.5 Å². The Hall–Kier alpha value is 0.980. The Morgan fingerprint density at radius 2 is 1.40 bits per heavy atom. The molecule has 0 rings (SSSR count). The summed E-state index contributed by atoms with van der Waals surface area (Å²) in [6.07, 6.45) is 24.2. The molecule has 0 spiro atoms. The van der Waals surface area contributed by atoms with Crippen LogP contribution in [0.3, 0.4) is 0 Å². The highest BCUT2D eigenvalue weighted by Gasteiger charge is 2.06. The van der Waals surface area contributed by atoms with Gasteiger partial charge in [-0.15, -0.1) is 0 Å². The lowest BCUT2D eigenvalue weighted by molar-refractivity contribution is -0.107. The topological polar surface area (TPSA) is 47.6 Å². The molecule has 0 aromatic rings. The van der Waals surface area contributed by atoms with E-state index in [9.17, 15) is 4.79 Å². The lowest BCUT2D eigenvalue weighted by Gasteiger charge is -2.14. The van der Waals surface area contributed by atoms with Crippen LogP contribution >= 0.6 is 42.2 Å². The second-order valence-corrected chi connectivity index (χ2v) is 11.9. The van der Waals surface area contributed by atoms with Crippen LogP contribution in [-0.2, 0) is 13.7 Å². The molecule has 0 fully saturated rings. The van der Waals surface area contributed by atoms with Crippen LogP contribution in [0.25, 0.3) is 0 Å². The number of hydrogen-bond donors (Lipinski definition) is 1. The molecule has 0 radical (unpaired) electrons. The molecule has 1 unspecified atom stereocenters. The van der Waals surface area contributed by atoms with Crippen molar-refractivity contribution in [2.75, 3.05) is 38.3 Å². The van der Waals surface area contributed by atoms with Crippen molar-refractivity contribution >= 4 is 48.5 Å². The summed E-state index contributed by atoms with van der Waals surface area (Å²) in [5.74, 6) is 2.47. The van der Waals surface area contributed by atoms with Crippen LogP contribution in [0.5, 0.6) is 0 Å². The predicted octanol–water partition coefficient (Wildman–Crippen LogP) is 9.59. The van der Waals surface area contributed by atoms with Crippen molar-refractivity contribution in [3.05, 3.63) is 0 Å². The van der Waals surface area contributed by atoms with Gasteiger partial charge in [0, 0.05) is 40.5 Å². The van der Waals surface area contributed by atoms with E-state index in [1.54, 1.807) is 0 Å². The number of rotatable bonds is 28. The van der Waals surface area contributed by atoms with Crippen LogP contribution in [0.15, 0.2) is 0 Å². The summed E-state index contributed by atoms with van der Waals surface area (Å²) < 4.78 is 10.9. The number of unbranched alkanes of at least 4 members (excludes halogenated alkanes) is 13. The van der Waals surface area contributed by atoms with E-state index in [0.29, 0.717) is 6.10 Å². The van der Waals surface area contributed by atoms with Gasteiger partial charge in [0.15, 0.2) is 0 Å². The molecule has 0 aromatic heterocycles. The second kappa shape index (κ2) is 37.1. The second-order valence-electron chi connectivity index (χ2n) is 9.26. The molecule has 7 heteroatoms. The molecule has 0 saturated heterocycles. The summed E-state index contributed by atoms with van der Waals surface area (Å²) >= 11 is 4.26. The Morgan fingerprint density at radius 1 is 0.800 bits per heavy atom. The number of aldehydes is 1. The van der Waals surface area contributed by atoms with Crippen molar-refractivity contribution in [3.8, 4) is 0 Å². The molecule has 1 atom stereocenters.